The highest BCUT2D eigenvalue weighted by Crippen LogP contribution is 2.42. The van der Waals surface area contributed by atoms with Crippen molar-refractivity contribution in [3.63, 3.8) is 0 Å². The van der Waals surface area contributed by atoms with Gasteiger partial charge in [0.1, 0.15) is 0 Å². The van der Waals surface area contributed by atoms with Crippen LogP contribution >= 0.6 is 0 Å². The van der Waals surface area contributed by atoms with Crippen LogP contribution in [0.4, 0.5) is 0 Å². The number of aryl methyl sites for hydroxylation is 1. The third kappa shape index (κ3) is 3.25. The van der Waals surface area contributed by atoms with Gasteiger partial charge in [-0.25, -0.2) is 0 Å². The van der Waals surface area contributed by atoms with Crippen molar-refractivity contribution < 1.29 is 19.4 Å². The van der Waals surface area contributed by atoms with Crippen molar-refractivity contribution >= 4 is 22.6 Å². The summed E-state index contributed by atoms with van der Waals surface area (Å²) in [6, 6.07) is 7.20. The molecule has 3 rings (SSSR count). The highest BCUT2D eigenvalue weighted by molar-refractivity contribution is 6.10. The number of aliphatic hydroxyl groups excluding tert-OH is 1. The minimum absolute atomic E-state index is 0.195. The van der Waals surface area contributed by atoms with Crippen LogP contribution in [0.15, 0.2) is 35.6 Å². The van der Waals surface area contributed by atoms with Crippen molar-refractivity contribution in [2.75, 3.05) is 20.3 Å². The molecule has 27 heavy (non-hydrogen) atoms. The lowest BCUT2D eigenvalue weighted by Crippen LogP contribution is -2.33. The molecule has 1 amide bonds. The van der Waals surface area contributed by atoms with Gasteiger partial charge in [-0.05, 0) is 19.4 Å². The van der Waals surface area contributed by atoms with Crippen molar-refractivity contribution in [1.82, 2.24) is 9.88 Å². The molecule has 2 heterocycles. The summed E-state index contributed by atoms with van der Waals surface area (Å²) in [5, 5.41) is 11.5. The number of rotatable bonds is 7. The predicted molar refractivity (Wildman–Crippen MR) is 103 cm³/mol. The molecule has 0 radical (unpaired) electrons. The van der Waals surface area contributed by atoms with Gasteiger partial charge in [-0.1, -0.05) is 32.0 Å². The van der Waals surface area contributed by atoms with E-state index in [2.05, 4.69) is 4.98 Å². The molecule has 1 aromatic carbocycles. The fourth-order valence-electron chi connectivity index (χ4n) is 3.78. The summed E-state index contributed by atoms with van der Waals surface area (Å²) < 4.78 is 5.11. The van der Waals surface area contributed by atoms with Crippen molar-refractivity contribution in [3.05, 3.63) is 46.9 Å². The molecule has 6 nitrogen and oxygen atoms in total. The maximum atomic E-state index is 12.9. The third-order valence-electron chi connectivity index (χ3n) is 5.06. The number of methoxy groups -OCH3 is 1. The molecule has 1 atom stereocenters. The van der Waals surface area contributed by atoms with E-state index in [0.29, 0.717) is 19.6 Å². The van der Waals surface area contributed by atoms with E-state index in [4.69, 9.17) is 4.74 Å². The average Bonchev–Trinajstić information content (AvgIpc) is 3.09. The number of nitrogens with one attached hydrogen (secondary N) is 1. The van der Waals surface area contributed by atoms with Crippen molar-refractivity contribution in [3.8, 4) is 0 Å². The Balaban J connectivity index is 2.16. The third-order valence-corrected chi connectivity index (χ3v) is 5.06. The first kappa shape index (κ1) is 19.2. The summed E-state index contributed by atoms with van der Waals surface area (Å²) in [6.45, 7) is 6.38. The zero-order valence-electron chi connectivity index (χ0n) is 16.2. The number of benzene rings is 1. The highest BCUT2D eigenvalue weighted by Gasteiger charge is 2.45. The molecule has 1 aromatic heterocycles. The average molecular weight is 370 g/mol. The van der Waals surface area contributed by atoms with Crippen LogP contribution in [0, 0.1) is 12.8 Å². The molecule has 0 aliphatic carbocycles. The van der Waals surface area contributed by atoms with E-state index in [0.717, 1.165) is 22.2 Å². The van der Waals surface area contributed by atoms with Gasteiger partial charge in [0.2, 0.25) is 0 Å². The Kier molecular flexibility index (Phi) is 5.37. The lowest BCUT2D eigenvalue weighted by atomic mass is 9.90. The second kappa shape index (κ2) is 7.56. The minimum Gasteiger partial charge on any atom is -0.503 e. The molecule has 0 spiro atoms. The number of amides is 1. The Morgan fingerprint density at radius 1 is 1.33 bits per heavy atom. The van der Waals surface area contributed by atoms with Crippen molar-refractivity contribution in [2.45, 2.75) is 33.2 Å². The number of fused-ring (bicyclic) bond motifs is 1. The number of H-pyrrole nitrogens is 1. The van der Waals surface area contributed by atoms with Crippen LogP contribution in [-0.4, -0.2) is 46.9 Å². The van der Waals surface area contributed by atoms with Crippen molar-refractivity contribution in [1.29, 1.82) is 0 Å². The number of aromatic amines is 1. The second-order valence-electron chi connectivity index (χ2n) is 7.24. The Morgan fingerprint density at radius 3 is 2.70 bits per heavy atom. The first-order valence-electron chi connectivity index (χ1n) is 9.22. The number of aromatic nitrogens is 1. The second-order valence-corrected chi connectivity index (χ2v) is 7.24. The van der Waals surface area contributed by atoms with Crippen LogP contribution in [0.5, 0.6) is 0 Å². The van der Waals surface area contributed by atoms with Crippen LogP contribution in [0.2, 0.25) is 0 Å². The number of ether oxygens (including phenoxy) is 1. The van der Waals surface area contributed by atoms with E-state index >= 15 is 0 Å². The summed E-state index contributed by atoms with van der Waals surface area (Å²) in [5.74, 6) is -1.45. The van der Waals surface area contributed by atoms with Crippen molar-refractivity contribution in [2.24, 2.45) is 5.92 Å². The molecule has 2 N–H and O–H groups in total. The molecule has 6 heteroatoms. The fourth-order valence-corrected chi connectivity index (χ4v) is 3.78. The van der Waals surface area contributed by atoms with Crippen LogP contribution < -0.4 is 0 Å². The number of aliphatic hydroxyl groups is 1. The molecule has 144 valence electrons. The molecule has 0 bridgehead atoms. The zero-order chi connectivity index (χ0) is 19.7. The fraction of sp³-hybridized carbons (Fsp3) is 0.429. The molecular weight excluding hydrogens is 344 g/mol. The SMILES string of the molecule is COCCCN1C(=O)C(O)=C(C(=O)C(C)C)C1c1c(C)[nH]c2ccccc12. The van der Waals surface area contributed by atoms with Crippen LogP contribution in [0.1, 0.15) is 37.6 Å². The maximum Gasteiger partial charge on any atom is 0.290 e. The molecule has 1 unspecified atom stereocenters. The van der Waals surface area contributed by atoms with E-state index in [1.165, 1.54) is 0 Å². The minimum atomic E-state index is -0.597. The van der Waals surface area contributed by atoms with Gasteiger partial charge in [0, 0.05) is 48.3 Å². The number of para-hydroxylation sites is 1. The molecule has 1 aliphatic rings. The van der Waals surface area contributed by atoms with E-state index in [9.17, 15) is 14.7 Å². The summed E-state index contributed by atoms with van der Waals surface area (Å²) >= 11 is 0. The summed E-state index contributed by atoms with van der Waals surface area (Å²) in [6.07, 6.45) is 0.622. The molecule has 2 aromatic rings. The van der Waals surface area contributed by atoms with Gasteiger partial charge >= 0.3 is 0 Å². The zero-order valence-corrected chi connectivity index (χ0v) is 16.2. The van der Waals surface area contributed by atoms with E-state index in [1.54, 1.807) is 25.9 Å². The summed E-state index contributed by atoms with van der Waals surface area (Å²) in [4.78, 5) is 30.6. The van der Waals surface area contributed by atoms with Crippen LogP contribution in [0.3, 0.4) is 0 Å². The predicted octanol–water partition coefficient (Wildman–Crippen LogP) is 3.43. The molecule has 0 fully saturated rings. The standard InChI is InChI=1S/C21H26N2O4/c1-12(2)19(24)17-18(23(10-7-11-27-4)21(26)20(17)25)16-13(3)22-15-9-6-5-8-14(15)16/h5-6,8-9,12,18,22,25H,7,10-11H2,1-4H3. The lowest BCUT2D eigenvalue weighted by Gasteiger charge is -2.27. The maximum absolute atomic E-state index is 12.9. The summed E-state index contributed by atoms with van der Waals surface area (Å²) in [7, 11) is 1.61. The largest absolute Gasteiger partial charge is 0.503 e. The Labute approximate surface area is 158 Å². The Hall–Kier alpha value is -2.60. The van der Waals surface area contributed by atoms with Gasteiger partial charge in [0.25, 0.3) is 5.91 Å². The number of hydrogen-bond donors (Lipinski definition) is 2. The highest BCUT2D eigenvalue weighted by atomic mass is 16.5. The molecule has 0 saturated carbocycles. The van der Waals surface area contributed by atoms with Gasteiger partial charge < -0.3 is 19.7 Å². The number of ketones is 1. The van der Waals surface area contributed by atoms with Gasteiger partial charge in [0.05, 0.1) is 11.6 Å². The number of carbonyl (C=O) groups excluding carboxylic acids is 2. The van der Waals surface area contributed by atoms with Gasteiger partial charge in [-0.2, -0.15) is 0 Å². The first-order chi connectivity index (χ1) is 12.9. The smallest absolute Gasteiger partial charge is 0.290 e. The molecular formula is C21H26N2O4. The van der Waals surface area contributed by atoms with Gasteiger partial charge in [-0.3, -0.25) is 9.59 Å². The number of Topliss-reactive ketones (excluding diaryl/α,β-unsaturated/α-hetero) is 1. The summed E-state index contributed by atoms with van der Waals surface area (Å²) in [5.41, 5.74) is 2.89. The molecule has 1 aliphatic heterocycles. The quantitative estimate of drug-likeness (QED) is 0.732. The normalized spacial score (nSPS) is 17.6. The number of nitrogens with zero attached hydrogens (tertiary/aromatic N) is 1. The van der Waals surface area contributed by atoms with Gasteiger partial charge in [-0.15, -0.1) is 0 Å². The first-order valence-corrected chi connectivity index (χ1v) is 9.22. The van der Waals surface area contributed by atoms with Crippen LogP contribution in [-0.2, 0) is 14.3 Å². The Bertz CT molecular complexity index is 910. The van der Waals surface area contributed by atoms with Crippen LogP contribution in [0.25, 0.3) is 10.9 Å². The number of carbonyl (C=O) groups is 2. The molecule has 0 saturated heterocycles. The monoisotopic (exact) mass is 370 g/mol. The van der Waals surface area contributed by atoms with E-state index in [-0.39, 0.29) is 17.3 Å². The topological polar surface area (TPSA) is 82.6 Å². The van der Waals surface area contributed by atoms with E-state index < -0.39 is 17.7 Å². The lowest BCUT2D eigenvalue weighted by molar-refractivity contribution is -0.129. The number of hydrogen-bond acceptors (Lipinski definition) is 4. The Morgan fingerprint density at radius 2 is 2.04 bits per heavy atom. The van der Waals surface area contributed by atoms with E-state index in [1.807, 2.05) is 31.2 Å². The van der Waals surface area contributed by atoms with Gasteiger partial charge in [0.15, 0.2) is 11.5 Å².